The van der Waals surface area contributed by atoms with Crippen molar-refractivity contribution in [3.8, 4) is 0 Å². The van der Waals surface area contributed by atoms with Crippen molar-refractivity contribution in [2.24, 2.45) is 0 Å². The highest BCUT2D eigenvalue weighted by Crippen LogP contribution is 2.26. The second kappa shape index (κ2) is 6.03. The summed E-state index contributed by atoms with van der Waals surface area (Å²) in [7, 11) is 0. The van der Waals surface area contributed by atoms with Crippen LogP contribution in [0.15, 0.2) is 42.5 Å². The van der Waals surface area contributed by atoms with E-state index < -0.39 is 0 Å². The first-order chi connectivity index (χ1) is 10.5. The van der Waals surface area contributed by atoms with Gasteiger partial charge in [-0.3, -0.25) is 4.79 Å². The van der Waals surface area contributed by atoms with Crippen molar-refractivity contribution in [2.75, 3.05) is 5.32 Å². The van der Waals surface area contributed by atoms with Crippen molar-refractivity contribution in [2.45, 2.75) is 13.3 Å². The molecule has 0 saturated heterocycles. The predicted molar refractivity (Wildman–Crippen MR) is 91.8 cm³/mol. The molecule has 0 bridgehead atoms. The summed E-state index contributed by atoms with van der Waals surface area (Å²) in [4.78, 5) is 15.6. The lowest BCUT2D eigenvalue weighted by Crippen LogP contribution is -2.15. The van der Waals surface area contributed by atoms with Crippen LogP contribution in [0.4, 0.5) is 5.69 Å². The number of aromatic nitrogens is 1. The van der Waals surface area contributed by atoms with E-state index in [0.717, 1.165) is 22.2 Å². The van der Waals surface area contributed by atoms with Crippen molar-refractivity contribution in [1.29, 1.82) is 0 Å². The number of nitrogens with one attached hydrogen (secondary N) is 2. The maximum Gasteiger partial charge on any atom is 0.228 e. The van der Waals surface area contributed by atoms with Crippen LogP contribution in [0.3, 0.4) is 0 Å². The number of halogens is 2. The van der Waals surface area contributed by atoms with E-state index in [2.05, 4.69) is 10.3 Å². The molecule has 22 heavy (non-hydrogen) atoms. The normalized spacial score (nSPS) is 10.9. The van der Waals surface area contributed by atoms with Crippen LogP contribution in [-0.2, 0) is 11.2 Å². The number of hydrogen-bond acceptors (Lipinski definition) is 1. The van der Waals surface area contributed by atoms with E-state index in [4.69, 9.17) is 23.2 Å². The van der Waals surface area contributed by atoms with E-state index in [1.165, 1.54) is 0 Å². The van der Waals surface area contributed by atoms with Gasteiger partial charge in [0.05, 0.1) is 17.1 Å². The molecule has 5 heteroatoms. The molecule has 0 spiro atoms. The maximum absolute atomic E-state index is 12.3. The molecular weight excluding hydrogens is 319 g/mol. The number of carbonyl (C=O) groups is 1. The molecule has 0 atom stereocenters. The van der Waals surface area contributed by atoms with Crippen molar-refractivity contribution < 1.29 is 4.79 Å². The maximum atomic E-state index is 12.3. The molecule has 2 aromatic carbocycles. The molecule has 0 fully saturated rings. The van der Waals surface area contributed by atoms with Crippen LogP contribution in [0.25, 0.3) is 10.9 Å². The average Bonchev–Trinajstić information content (AvgIpc) is 2.78. The highest BCUT2D eigenvalue weighted by Gasteiger charge is 2.13. The summed E-state index contributed by atoms with van der Waals surface area (Å²) >= 11 is 11.9. The number of aromatic amines is 1. The van der Waals surface area contributed by atoms with E-state index in [0.29, 0.717) is 15.7 Å². The fourth-order valence-corrected chi connectivity index (χ4v) is 2.96. The molecule has 0 radical (unpaired) electrons. The molecule has 3 rings (SSSR count). The lowest BCUT2D eigenvalue weighted by atomic mass is 10.1. The van der Waals surface area contributed by atoms with Crippen LogP contribution in [0.2, 0.25) is 10.0 Å². The summed E-state index contributed by atoms with van der Waals surface area (Å²) in [5.41, 5.74) is 3.60. The molecule has 1 heterocycles. The lowest BCUT2D eigenvalue weighted by molar-refractivity contribution is -0.115. The zero-order valence-corrected chi connectivity index (χ0v) is 13.4. The van der Waals surface area contributed by atoms with Gasteiger partial charge in [-0.2, -0.15) is 0 Å². The number of fused-ring (bicyclic) bond motifs is 1. The summed E-state index contributed by atoms with van der Waals surface area (Å²) in [5.74, 6) is -0.114. The topological polar surface area (TPSA) is 44.9 Å². The van der Waals surface area contributed by atoms with Crippen molar-refractivity contribution in [3.63, 3.8) is 0 Å². The van der Waals surface area contributed by atoms with Gasteiger partial charge < -0.3 is 10.3 Å². The smallest absolute Gasteiger partial charge is 0.228 e. The highest BCUT2D eigenvalue weighted by atomic mass is 35.5. The van der Waals surface area contributed by atoms with Gasteiger partial charge in [0.2, 0.25) is 5.91 Å². The molecular formula is C17H14Cl2N2O. The summed E-state index contributed by atoms with van der Waals surface area (Å²) in [6.07, 6.45) is 0.287. The third-order valence-electron chi connectivity index (χ3n) is 3.57. The molecule has 0 unspecified atom stereocenters. The zero-order valence-electron chi connectivity index (χ0n) is 11.9. The first kappa shape index (κ1) is 14.9. The first-order valence-electron chi connectivity index (χ1n) is 6.85. The van der Waals surface area contributed by atoms with E-state index in [1.54, 1.807) is 18.2 Å². The molecule has 112 valence electrons. The number of aryl methyl sites for hydroxylation is 1. The number of carbonyl (C=O) groups excluding carboxylic acids is 1. The summed E-state index contributed by atoms with van der Waals surface area (Å²) in [6, 6.07) is 12.9. The monoisotopic (exact) mass is 332 g/mol. The number of hydrogen-bond donors (Lipinski definition) is 2. The number of H-pyrrole nitrogens is 1. The van der Waals surface area contributed by atoms with Gasteiger partial charge >= 0.3 is 0 Å². The Labute approximate surface area is 138 Å². The van der Waals surface area contributed by atoms with Crippen LogP contribution in [0, 0.1) is 6.92 Å². The Balaban J connectivity index is 1.83. The third-order valence-corrected chi connectivity index (χ3v) is 4.12. The second-order valence-electron chi connectivity index (χ2n) is 5.12. The van der Waals surface area contributed by atoms with Crippen LogP contribution in [-0.4, -0.2) is 10.9 Å². The number of anilines is 1. The fraction of sp³-hybridized carbons (Fsp3) is 0.118. The van der Waals surface area contributed by atoms with Crippen molar-refractivity contribution >= 4 is 45.7 Å². The van der Waals surface area contributed by atoms with E-state index in [1.807, 2.05) is 31.2 Å². The summed E-state index contributed by atoms with van der Waals surface area (Å²) < 4.78 is 0. The molecule has 1 amide bonds. The molecule has 1 aromatic heterocycles. The SMILES string of the molecule is Cc1[nH]c2ccccc2c1CC(=O)Nc1ccc(Cl)cc1Cl. The van der Waals surface area contributed by atoms with Crippen LogP contribution < -0.4 is 5.32 Å². The van der Waals surface area contributed by atoms with Gasteiger partial charge in [-0.15, -0.1) is 0 Å². The minimum Gasteiger partial charge on any atom is -0.358 e. The molecule has 0 aliphatic carbocycles. The largest absolute Gasteiger partial charge is 0.358 e. The molecule has 0 aliphatic heterocycles. The highest BCUT2D eigenvalue weighted by molar-refractivity contribution is 6.36. The Morgan fingerprint density at radius 3 is 2.73 bits per heavy atom. The fourth-order valence-electron chi connectivity index (χ4n) is 2.51. The van der Waals surface area contributed by atoms with Gasteiger partial charge in [0.15, 0.2) is 0 Å². The minimum atomic E-state index is -0.114. The molecule has 3 aromatic rings. The van der Waals surface area contributed by atoms with Crippen molar-refractivity contribution in [1.82, 2.24) is 4.98 Å². The molecule has 0 aliphatic rings. The van der Waals surface area contributed by atoms with Crippen LogP contribution in [0.5, 0.6) is 0 Å². The standard InChI is InChI=1S/C17H14Cl2N2O/c1-10-13(12-4-2-3-5-15(12)20-10)9-17(22)21-16-7-6-11(18)8-14(16)19/h2-8,20H,9H2,1H3,(H,21,22). The Bertz CT molecular complexity index is 855. The lowest BCUT2D eigenvalue weighted by Gasteiger charge is -2.08. The van der Waals surface area contributed by atoms with Crippen LogP contribution >= 0.6 is 23.2 Å². The van der Waals surface area contributed by atoms with Gasteiger partial charge in [0.1, 0.15) is 0 Å². The zero-order chi connectivity index (χ0) is 15.7. The third kappa shape index (κ3) is 2.96. The Morgan fingerprint density at radius 1 is 1.18 bits per heavy atom. The Hall–Kier alpha value is -1.97. The van der Waals surface area contributed by atoms with E-state index >= 15 is 0 Å². The van der Waals surface area contributed by atoms with E-state index in [-0.39, 0.29) is 12.3 Å². The Morgan fingerprint density at radius 2 is 1.95 bits per heavy atom. The van der Waals surface area contributed by atoms with Crippen LogP contribution in [0.1, 0.15) is 11.3 Å². The van der Waals surface area contributed by atoms with Crippen molar-refractivity contribution in [3.05, 3.63) is 63.8 Å². The quantitative estimate of drug-likeness (QED) is 0.699. The van der Waals surface area contributed by atoms with Gasteiger partial charge in [0.25, 0.3) is 0 Å². The van der Waals surface area contributed by atoms with Gasteiger partial charge in [-0.25, -0.2) is 0 Å². The first-order valence-corrected chi connectivity index (χ1v) is 7.61. The summed E-state index contributed by atoms with van der Waals surface area (Å²) in [5, 5.41) is 4.86. The Kier molecular flexibility index (Phi) is 4.10. The number of benzene rings is 2. The minimum absolute atomic E-state index is 0.114. The van der Waals surface area contributed by atoms with Gasteiger partial charge in [-0.05, 0) is 36.8 Å². The number of para-hydroxylation sites is 1. The average molecular weight is 333 g/mol. The summed E-state index contributed by atoms with van der Waals surface area (Å²) in [6.45, 7) is 1.97. The molecule has 2 N–H and O–H groups in total. The number of rotatable bonds is 3. The molecule has 0 saturated carbocycles. The van der Waals surface area contributed by atoms with Gasteiger partial charge in [-0.1, -0.05) is 41.4 Å². The predicted octanol–water partition coefficient (Wildman–Crippen LogP) is 4.96. The molecule has 3 nitrogen and oxygen atoms in total. The van der Waals surface area contributed by atoms with Gasteiger partial charge in [0, 0.05) is 21.6 Å². The second-order valence-corrected chi connectivity index (χ2v) is 5.97. The van der Waals surface area contributed by atoms with E-state index in [9.17, 15) is 4.79 Å². The number of amides is 1.